The number of rotatable bonds is 4. The highest BCUT2D eigenvalue weighted by Crippen LogP contribution is 2.35. The normalized spacial score (nSPS) is 10.8. The molecule has 1 heterocycles. The first-order valence-electron chi connectivity index (χ1n) is 8.07. The van der Waals surface area contributed by atoms with Crippen molar-refractivity contribution in [2.45, 2.75) is 6.18 Å². The van der Waals surface area contributed by atoms with E-state index in [-0.39, 0.29) is 17.1 Å². The molecule has 0 spiro atoms. The molecule has 2 aromatic carbocycles. The smallest absolute Gasteiger partial charge is 0.340 e. The Hall–Kier alpha value is -3.86. The fourth-order valence-electron chi connectivity index (χ4n) is 2.45. The number of benzene rings is 2. The average molecular weight is 382 g/mol. The van der Waals surface area contributed by atoms with E-state index in [9.17, 15) is 18.0 Å². The first kappa shape index (κ1) is 18.9. The molecule has 0 bridgehead atoms. The van der Waals surface area contributed by atoms with Crippen molar-refractivity contribution < 1.29 is 18.0 Å². The van der Waals surface area contributed by atoms with E-state index >= 15 is 0 Å². The number of anilines is 3. The zero-order valence-electron chi connectivity index (χ0n) is 14.3. The van der Waals surface area contributed by atoms with Gasteiger partial charge in [0.1, 0.15) is 5.82 Å². The Bertz CT molecular complexity index is 1040. The Morgan fingerprint density at radius 3 is 2.43 bits per heavy atom. The molecule has 1 amide bonds. The van der Waals surface area contributed by atoms with Gasteiger partial charge < -0.3 is 10.6 Å². The first-order valence-corrected chi connectivity index (χ1v) is 8.07. The van der Waals surface area contributed by atoms with Gasteiger partial charge in [-0.1, -0.05) is 12.1 Å². The molecular formula is C20H13F3N4O. The van der Waals surface area contributed by atoms with Crippen LogP contribution in [0.1, 0.15) is 21.5 Å². The first-order chi connectivity index (χ1) is 13.4. The molecule has 0 aliphatic carbocycles. The summed E-state index contributed by atoms with van der Waals surface area (Å²) in [5, 5.41) is 14.0. The predicted molar refractivity (Wildman–Crippen MR) is 98.1 cm³/mol. The molecule has 0 unspecified atom stereocenters. The lowest BCUT2D eigenvalue weighted by atomic mass is 10.1. The summed E-state index contributed by atoms with van der Waals surface area (Å²) in [4.78, 5) is 16.4. The van der Waals surface area contributed by atoms with Crippen LogP contribution in [0, 0.1) is 11.3 Å². The summed E-state index contributed by atoms with van der Waals surface area (Å²) in [6.45, 7) is 0. The van der Waals surface area contributed by atoms with Crippen LogP contribution in [0.15, 0.2) is 66.9 Å². The van der Waals surface area contributed by atoms with Crippen LogP contribution < -0.4 is 10.6 Å². The van der Waals surface area contributed by atoms with Crippen LogP contribution in [0.25, 0.3) is 0 Å². The highest BCUT2D eigenvalue weighted by atomic mass is 19.4. The van der Waals surface area contributed by atoms with Crippen molar-refractivity contribution in [3.05, 3.63) is 83.6 Å². The van der Waals surface area contributed by atoms with E-state index in [4.69, 9.17) is 5.26 Å². The summed E-state index contributed by atoms with van der Waals surface area (Å²) in [5.41, 5.74) is 0.164. The second-order valence-electron chi connectivity index (χ2n) is 5.74. The molecular weight excluding hydrogens is 369 g/mol. The second-order valence-corrected chi connectivity index (χ2v) is 5.74. The SMILES string of the molecule is N#Cc1ccc(NC(=O)c2ccnc(Nc3ccccc3C(F)(F)F)c2)cc1. The maximum atomic E-state index is 13.1. The Balaban J connectivity index is 1.79. The van der Waals surface area contributed by atoms with E-state index in [1.165, 1.54) is 36.5 Å². The van der Waals surface area contributed by atoms with E-state index in [1.807, 2.05) is 6.07 Å². The number of pyridine rings is 1. The zero-order valence-corrected chi connectivity index (χ0v) is 14.3. The molecule has 2 N–H and O–H groups in total. The van der Waals surface area contributed by atoms with E-state index in [2.05, 4.69) is 15.6 Å². The molecule has 0 aliphatic heterocycles. The maximum absolute atomic E-state index is 13.1. The van der Waals surface area contributed by atoms with Gasteiger partial charge in [0.05, 0.1) is 22.9 Å². The molecule has 3 aromatic rings. The molecule has 3 rings (SSSR count). The quantitative estimate of drug-likeness (QED) is 0.668. The number of nitriles is 1. The minimum Gasteiger partial charge on any atom is -0.340 e. The molecule has 1 aromatic heterocycles. The molecule has 28 heavy (non-hydrogen) atoms. The summed E-state index contributed by atoms with van der Waals surface area (Å²) < 4.78 is 39.3. The van der Waals surface area contributed by atoms with Crippen LogP contribution in [-0.2, 0) is 6.18 Å². The summed E-state index contributed by atoms with van der Waals surface area (Å²) in [7, 11) is 0. The van der Waals surface area contributed by atoms with Gasteiger partial charge in [-0.05, 0) is 48.5 Å². The van der Waals surface area contributed by atoms with Gasteiger partial charge in [0.25, 0.3) is 5.91 Å². The highest BCUT2D eigenvalue weighted by Gasteiger charge is 2.33. The number of carbonyl (C=O) groups is 1. The largest absolute Gasteiger partial charge is 0.418 e. The van der Waals surface area contributed by atoms with E-state index in [0.29, 0.717) is 11.3 Å². The van der Waals surface area contributed by atoms with Crippen LogP contribution in [0.4, 0.5) is 30.4 Å². The van der Waals surface area contributed by atoms with Crippen LogP contribution in [-0.4, -0.2) is 10.9 Å². The topological polar surface area (TPSA) is 77.8 Å². The Labute approximate surface area is 158 Å². The number of aromatic nitrogens is 1. The third-order valence-corrected chi connectivity index (χ3v) is 3.79. The van der Waals surface area contributed by atoms with Crippen molar-refractivity contribution in [1.29, 1.82) is 5.26 Å². The number of hydrogen-bond acceptors (Lipinski definition) is 4. The van der Waals surface area contributed by atoms with E-state index < -0.39 is 17.6 Å². The summed E-state index contributed by atoms with van der Waals surface area (Å²) >= 11 is 0. The number of hydrogen-bond donors (Lipinski definition) is 2. The molecule has 0 atom stereocenters. The fraction of sp³-hybridized carbons (Fsp3) is 0.0500. The van der Waals surface area contributed by atoms with Gasteiger partial charge in [-0.25, -0.2) is 4.98 Å². The van der Waals surface area contributed by atoms with Crippen molar-refractivity contribution >= 4 is 23.1 Å². The number of nitrogens with zero attached hydrogens (tertiary/aromatic N) is 2. The molecule has 0 aliphatic rings. The maximum Gasteiger partial charge on any atom is 0.418 e. The van der Waals surface area contributed by atoms with Crippen LogP contribution in [0.2, 0.25) is 0 Å². The average Bonchev–Trinajstić information content (AvgIpc) is 2.68. The lowest BCUT2D eigenvalue weighted by Gasteiger charge is -2.14. The van der Waals surface area contributed by atoms with Gasteiger partial charge in [-0.3, -0.25) is 4.79 Å². The van der Waals surface area contributed by atoms with Crippen molar-refractivity contribution in [3.8, 4) is 6.07 Å². The molecule has 0 saturated heterocycles. The van der Waals surface area contributed by atoms with Gasteiger partial charge in [0.15, 0.2) is 0 Å². The molecule has 5 nitrogen and oxygen atoms in total. The molecule has 0 fully saturated rings. The van der Waals surface area contributed by atoms with Crippen molar-refractivity contribution in [3.63, 3.8) is 0 Å². The van der Waals surface area contributed by atoms with Gasteiger partial charge >= 0.3 is 6.18 Å². The molecule has 8 heteroatoms. The Kier molecular flexibility index (Phi) is 5.27. The molecule has 0 saturated carbocycles. The second kappa shape index (κ2) is 7.80. The number of alkyl halides is 3. The lowest BCUT2D eigenvalue weighted by molar-refractivity contribution is -0.136. The predicted octanol–water partition coefficient (Wildman–Crippen LogP) is 4.97. The zero-order chi connectivity index (χ0) is 20.1. The standard InChI is InChI=1S/C20H13F3N4O/c21-20(22,23)16-3-1-2-4-17(16)27-18-11-14(9-10-25-18)19(28)26-15-7-5-13(12-24)6-8-15/h1-11H,(H,25,27)(H,26,28). The molecule has 140 valence electrons. The van der Waals surface area contributed by atoms with Crippen LogP contribution >= 0.6 is 0 Å². The number of halogens is 3. The number of para-hydroxylation sites is 1. The minimum absolute atomic E-state index is 0.101. The van der Waals surface area contributed by atoms with Crippen LogP contribution in [0.3, 0.4) is 0 Å². The van der Waals surface area contributed by atoms with E-state index in [1.54, 1.807) is 24.3 Å². The highest BCUT2D eigenvalue weighted by molar-refractivity contribution is 6.04. The Morgan fingerprint density at radius 2 is 1.75 bits per heavy atom. The van der Waals surface area contributed by atoms with E-state index in [0.717, 1.165) is 6.07 Å². The van der Waals surface area contributed by atoms with Gasteiger partial charge in [-0.2, -0.15) is 18.4 Å². The third kappa shape index (κ3) is 4.45. The third-order valence-electron chi connectivity index (χ3n) is 3.79. The fourth-order valence-corrected chi connectivity index (χ4v) is 2.45. The van der Waals surface area contributed by atoms with Gasteiger partial charge in [0, 0.05) is 17.4 Å². The Morgan fingerprint density at radius 1 is 1.04 bits per heavy atom. The number of carbonyl (C=O) groups excluding carboxylic acids is 1. The molecule has 0 radical (unpaired) electrons. The lowest BCUT2D eigenvalue weighted by Crippen LogP contribution is -2.13. The van der Waals surface area contributed by atoms with Crippen molar-refractivity contribution in [1.82, 2.24) is 4.98 Å². The van der Waals surface area contributed by atoms with Crippen molar-refractivity contribution in [2.75, 3.05) is 10.6 Å². The minimum atomic E-state index is -4.52. The number of nitrogens with one attached hydrogen (secondary N) is 2. The number of amides is 1. The van der Waals surface area contributed by atoms with Crippen molar-refractivity contribution in [2.24, 2.45) is 0 Å². The monoisotopic (exact) mass is 382 g/mol. The van der Waals surface area contributed by atoms with Gasteiger partial charge in [0.2, 0.25) is 0 Å². The summed E-state index contributed by atoms with van der Waals surface area (Å²) in [6.07, 6.45) is -3.19. The summed E-state index contributed by atoms with van der Waals surface area (Å²) in [5.74, 6) is -0.358. The van der Waals surface area contributed by atoms with Crippen LogP contribution in [0.5, 0.6) is 0 Å². The van der Waals surface area contributed by atoms with Gasteiger partial charge in [-0.15, -0.1) is 0 Å². The summed E-state index contributed by atoms with van der Waals surface area (Å²) in [6, 6.07) is 16.1.